The van der Waals surface area contributed by atoms with E-state index in [2.05, 4.69) is 20.8 Å². The summed E-state index contributed by atoms with van der Waals surface area (Å²) in [6, 6.07) is 4.84. The Bertz CT molecular complexity index is 1240. The SMILES string of the molecule is Cn1nnnc1SCC1(C(=O)OCC(Cl)(Cl)Cl)CS[C@@H]2C(NC(=O)c3ccccc3C(=O)O)C(=O)N2C1. The summed E-state index contributed by atoms with van der Waals surface area (Å²) < 4.78 is 4.93. The van der Waals surface area contributed by atoms with Gasteiger partial charge in [0.2, 0.25) is 14.9 Å². The van der Waals surface area contributed by atoms with Crippen LogP contribution in [0.5, 0.6) is 0 Å². The second-order valence-electron chi connectivity index (χ2n) is 8.31. The van der Waals surface area contributed by atoms with Gasteiger partial charge in [-0.2, -0.15) is 0 Å². The lowest BCUT2D eigenvalue weighted by molar-refractivity contribution is -0.160. The molecule has 0 radical (unpaired) electrons. The van der Waals surface area contributed by atoms with E-state index in [4.69, 9.17) is 39.5 Å². The number of carboxylic acids is 1. The van der Waals surface area contributed by atoms with Crippen molar-refractivity contribution >= 4 is 82.1 Å². The number of fused-ring (bicyclic) bond motifs is 1. The van der Waals surface area contributed by atoms with E-state index in [-0.39, 0.29) is 29.2 Å². The van der Waals surface area contributed by atoms with Crippen molar-refractivity contribution in [1.82, 2.24) is 30.4 Å². The summed E-state index contributed by atoms with van der Waals surface area (Å²) in [5, 5.41) is 23.2. The van der Waals surface area contributed by atoms with Crippen molar-refractivity contribution in [3.63, 3.8) is 0 Å². The summed E-state index contributed by atoms with van der Waals surface area (Å²) in [4.78, 5) is 51.9. The number of amides is 2. The summed E-state index contributed by atoms with van der Waals surface area (Å²) in [5.41, 5.74) is -1.40. The summed E-state index contributed by atoms with van der Waals surface area (Å²) >= 11 is 19.7. The molecule has 1 aromatic carbocycles. The number of halogens is 3. The van der Waals surface area contributed by atoms with Crippen LogP contribution in [0.4, 0.5) is 0 Å². The van der Waals surface area contributed by atoms with Crippen molar-refractivity contribution in [2.45, 2.75) is 20.4 Å². The van der Waals surface area contributed by atoms with Gasteiger partial charge in [-0.05, 0) is 22.6 Å². The molecule has 3 heterocycles. The Hall–Kier alpha value is -2.26. The van der Waals surface area contributed by atoms with E-state index >= 15 is 0 Å². The van der Waals surface area contributed by atoms with Gasteiger partial charge in [0.1, 0.15) is 23.4 Å². The number of rotatable bonds is 8. The summed E-state index contributed by atoms with van der Waals surface area (Å²) in [5.74, 6) is -2.59. The Morgan fingerprint density at radius 3 is 2.62 bits per heavy atom. The van der Waals surface area contributed by atoms with Crippen LogP contribution < -0.4 is 5.32 Å². The Morgan fingerprint density at radius 1 is 1.30 bits per heavy atom. The molecule has 198 valence electrons. The molecule has 2 saturated heterocycles. The number of aromatic carboxylic acids is 1. The van der Waals surface area contributed by atoms with E-state index in [1.807, 2.05) is 0 Å². The Kier molecular flexibility index (Phi) is 8.14. The van der Waals surface area contributed by atoms with Crippen molar-refractivity contribution in [2.75, 3.05) is 24.7 Å². The molecule has 0 aliphatic carbocycles. The molecule has 12 nitrogen and oxygen atoms in total. The predicted molar refractivity (Wildman–Crippen MR) is 136 cm³/mol. The number of alkyl halides is 3. The number of thioether (sulfide) groups is 2. The minimum absolute atomic E-state index is 0.00143. The minimum atomic E-state index is -1.81. The zero-order valence-corrected chi connectivity index (χ0v) is 22.9. The highest BCUT2D eigenvalue weighted by Gasteiger charge is 2.58. The van der Waals surface area contributed by atoms with Crippen LogP contribution in [-0.2, 0) is 21.4 Å². The molecule has 2 N–H and O–H groups in total. The Morgan fingerprint density at radius 2 is 2.00 bits per heavy atom. The van der Waals surface area contributed by atoms with Gasteiger partial charge in [0, 0.05) is 25.1 Å². The van der Waals surface area contributed by atoms with Gasteiger partial charge < -0.3 is 20.1 Å². The number of hydrogen-bond donors (Lipinski definition) is 2. The molecular formula is C20H19Cl3N6O6S2. The average Bonchev–Trinajstić information content (AvgIpc) is 3.28. The van der Waals surface area contributed by atoms with Crippen LogP contribution in [0.2, 0.25) is 0 Å². The number of nitrogens with zero attached hydrogens (tertiary/aromatic N) is 5. The first-order valence-corrected chi connectivity index (χ1v) is 13.7. The van der Waals surface area contributed by atoms with Crippen LogP contribution in [0, 0.1) is 5.41 Å². The maximum absolute atomic E-state index is 13.2. The lowest BCUT2D eigenvalue weighted by Gasteiger charge is -2.54. The lowest BCUT2D eigenvalue weighted by Crippen LogP contribution is -2.74. The number of esters is 1. The number of ether oxygens (including phenoxy) is 1. The summed E-state index contributed by atoms with van der Waals surface area (Å²) in [6.45, 7) is -0.475. The molecule has 2 fully saturated rings. The highest BCUT2D eigenvalue weighted by atomic mass is 35.6. The number of benzene rings is 1. The van der Waals surface area contributed by atoms with Crippen molar-refractivity contribution in [2.24, 2.45) is 12.5 Å². The molecule has 0 saturated carbocycles. The topological polar surface area (TPSA) is 157 Å². The lowest BCUT2D eigenvalue weighted by atomic mass is 9.89. The van der Waals surface area contributed by atoms with Gasteiger partial charge >= 0.3 is 11.9 Å². The third-order valence-electron chi connectivity index (χ3n) is 5.69. The number of carboxylic acid groups (broad SMARTS) is 1. The number of carbonyl (C=O) groups is 4. The third-order valence-corrected chi connectivity index (χ3v) is 8.91. The van der Waals surface area contributed by atoms with Gasteiger partial charge in [-0.15, -0.1) is 16.9 Å². The molecule has 2 aliphatic heterocycles. The van der Waals surface area contributed by atoms with Gasteiger partial charge in [-0.1, -0.05) is 58.7 Å². The smallest absolute Gasteiger partial charge is 0.336 e. The van der Waals surface area contributed by atoms with E-state index in [0.717, 1.165) is 0 Å². The van der Waals surface area contributed by atoms with E-state index in [9.17, 15) is 24.3 Å². The van der Waals surface area contributed by atoms with Crippen LogP contribution in [0.15, 0.2) is 29.4 Å². The molecular weight excluding hydrogens is 591 g/mol. The third kappa shape index (κ3) is 5.93. The zero-order chi connectivity index (χ0) is 27.0. The second kappa shape index (κ2) is 10.8. The first-order chi connectivity index (χ1) is 17.4. The predicted octanol–water partition coefficient (Wildman–Crippen LogP) is 1.61. The van der Waals surface area contributed by atoms with Crippen LogP contribution >= 0.6 is 58.3 Å². The molecule has 2 unspecified atom stereocenters. The molecule has 4 rings (SSSR count). The molecule has 1 aromatic heterocycles. The van der Waals surface area contributed by atoms with Gasteiger partial charge in [0.25, 0.3) is 5.91 Å². The van der Waals surface area contributed by atoms with E-state index in [0.29, 0.717) is 5.16 Å². The number of β-lactam (4-membered cyclic amide) rings is 1. The van der Waals surface area contributed by atoms with Crippen LogP contribution in [0.25, 0.3) is 0 Å². The standard InChI is InChI=1S/C20H19Cl3N6O6S2/c1-28-18(25-26-27-28)37-9-19(17(34)35-7-20(21,22)23)6-29-14(31)12(15(29)36-8-19)24-13(30)10-4-2-3-5-11(10)16(32)33/h2-5,12,15H,6-9H2,1H3,(H,24,30)(H,32,33)/t12?,15-,19?/m1/s1. The highest BCUT2D eigenvalue weighted by molar-refractivity contribution is 8.00. The summed E-state index contributed by atoms with van der Waals surface area (Å²) in [7, 11) is 1.65. The molecule has 3 atom stereocenters. The maximum Gasteiger partial charge on any atom is 0.336 e. The normalized spacial score (nSPS) is 23.1. The number of tetrazole rings is 1. The first-order valence-electron chi connectivity index (χ1n) is 10.6. The molecule has 2 aliphatic rings. The van der Waals surface area contributed by atoms with Crippen LogP contribution in [0.3, 0.4) is 0 Å². The highest BCUT2D eigenvalue weighted by Crippen LogP contribution is 2.45. The van der Waals surface area contributed by atoms with Gasteiger partial charge in [-0.25, -0.2) is 9.48 Å². The molecule has 17 heteroatoms. The molecule has 0 spiro atoms. The summed E-state index contributed by atoms with van der Waals surface area (Å²) in [6.07, 6.45) is 0. The van der Waals surface area contributed by atoms with Crippen molar-refractivity contribution in [3.05, 3.63) is 35.4 Å². The molecule has 0 bridgehead atoms. The minimum Gasteiger partial charge on any atom is -0.478 e. The maximum atomic E-state index is 13.2. The van der Waals surface area contributed by atoms with Crippen molar-refractivity contribution in [3.8, 4) is 0 Å². The zero-order valence-electron chi connectivity index (χ0n) is 19.0. The van der Waals surface area contributed by atoms with Crippen LogP contribution in [-0.4, -0.2) is 93.8 Å². The fourth-order valence-corrected chi connectivity index (χ4v) is 6.69. The number of carbonyl (C=O) groups excluding carboxylic acids is 3. The molecule has 37 heavy (non-hydrogen) atoms. The van der Waals surface area contributed by atoms with E-state index in [1.165, 1.54) is 57.4 Å². The Balaban J connectivity index is 1.48. The fourth-order valence-electron chi connectivity index (χ4n) is 3.83. The van der Waals surface area contributed by atoms with E-state index < -0.39 is 51.0 Å². The van der Waals surface area contributed by atoms with E-state index in [1.54, 1.807) is 7.05 Å². The van der Waals surface area contributed by atoms with Crippen LogP contribution in [0.1, 0.15) is 20.7 Å². The van der Waals surface area contributed by atoms with Crippen molar-refractivity contribution < 1.29 is 29.0 Å². The number of aromatic nitrogens is 4. The van der Waals surface area contributed by atoms with Gasteiger partial charge in [0.05, 0.1) is 11.1 Å². The quantitative estimate of drug-likeness (QED) is 0.194. The number of hydrogen-bond acceptors (Lipinski definition) is 10. The number of aryl methyl sites for hydroxylation is 1. The van der Waals surface area contributed by atoms with Crippen molar-refractivity contribution in [1.29, 1.82) is 0 Å². The number of nitrogens with one attached hydrogen (secondary N) is 1. The molecule has 2 amide bonds. The monoisotopic (exact) mass is 608 g/mol. The van der Waals surface area contributed by atoms with Gasteiger partial charge in [-0.3, -0.25) is 14.4 Å². The Labute approximate surface area is 233 Å². The average molecular weight is 610 g/mol. The fraction of sp³-hybridized carbons (Fsp3) is 0.450. The van der Waals surface area contributed by atoms with Gasteiger partial charge in [0.15, 0.2) is 0 Å². The molecule has 2 aromatic rings. The first kappa shape index (κ1) is 27.8. The largest absolute Gasteiger partial charge is 0.478 e. The second-order valence-corrected chi connectivity index (χ2v) is 12.9.